The second-order valence-electron chi connectivity index (χ2n) is 4.71. The lowest BCUT2D eigenvalue weighted by atomic mass is 10.0. The standard InChI is InChI=1S/C15H20NO2/c1-2-3-4-7-15(17)18-13-8-9-14-12(11-13)6-5-10-16-14/h8-9,11H,2-7,10H2,1H3. The van der Waals surface area contributed by atoms with Crippen LogP contribution in [0.3, 0.4) is 0 Å². The molecule has 2 rings (SSSR count). The van der Waals surface area contributed by atoms with Gasteiger partial charge in [0.1, 0.15) is 5.75 Å². The molecule has 1 heterocycles. The van der Waals surface area contributed by atoms with Crippen molar-refractivity contribution in [1.29, 1.82) is 0 Å². The van der Waals surface area contributed by atoms with Crippen molar-refractivity contribution in [3.05, 3.63) is 23.8 Å². The minimum Gasteiger partial charge on any atom is -0.427 e. The van der Waals surface area contributed by atoms with E-state index in [-0.39, 0.29) is 5.97 Å². The number of carbonyl (C=O) groups is 1. The summed E-state index contributed by atoms with van der Waals surface area (Å²) < 4.78 is 5.35. The van der Waals surface area contributed by atoms with Gasteiger partial charge >= 0.3 is 5.97 Å². The summed E-state index contributed by atoms with van der Waals surface area (Å²) in [5.41, 5.74) is 2.24. The van der Waals surface area contributed by atoms with E-state index in [0.717, 1.165) is 44.3 Å². The van der Waals surface area contributed by atoms with Crippen LogP contribution in [0.5, 0.6) is 5.75 Å². The van der Waals surface area contributed by atoms with Crippen molar-refractivity contribution >= 4 is 11.7 Å². The summed E-state index contributed by atoms with van der Waals surface area (Å²) in [6.45, 7) is 3.03. The Morgan fingerprint density at radius 3 is 3.11 bits per heavy atom. The molecule has 1 aliphatic heterocycles. The average Bonchev–Trinajstić information content (AvgIpc) is 2.39. The van der Waals surface area contributed by atoms with Crippen LogP contribution in [0, 0.1) is 0 Å². The van der Waals surface area contributed by atoms with Crippen LogP contribution in [0.25, 0.3) is 0 Å². The first-order chi connectivity index (χ1) is 8.79. The van der Waals surface area contributed by atoms with Gasteiger partial charge in [-0.3, -0.25) is 10.1 Å². The number of rotatable bonds is 5. The van der Waals surface area contributed by atoms with E-state index in [1.165, 1.54) is 5.56 Å². The van der Waals surface area contributed by atoms with E-state index >= 15 is 0 Å². The predicted molar refractivity (Wildman–Crippen MR) is 71.2 cm³/mol. The highest BCUT2D eigenvalue weighted by atomic mass is 16.5. The first-order valence-corrected chi connectivity index (χ1v) is 6.80. The highest BCUT2D eigenvalue weighted by Gasteiger charge is 2.12. The summed E-state index contributed by atoms with van der Waals surface area (Å²) in [7, 11) is 0. The highest BCUT2D eigenvalue weighted by molar-refractivity contribution is 5.72. The molecule has 0 aliphatic carbocycles. The normalized spacial score (nSPS) is 13.6. The van der Waals surface area contributed by atoms with E-state index in [9.17, 15) is 4.79 Å². The van der Waals surface area contributed by atoms with Gasteiger partial charge in [0.25, 0.3) is 0 Å². The molecular weight excluding hydrogens is 226 g/mol. The Labute approximate surface area is 109 Å². The molecule has 1 aromatic rings. The van der Waals surface area contributed by atoms with Crippen LogP contribution in [0.2, 0.25) is 0 Å². The molecule has 97 valence electrons. The van der Waals surface area contributed by atoms with Crippen LogP contribution < -0.4 is 10.1 Å². The molecule has 0 N–H and O–H groups in total. The van der Waals surface area contributed by atoms with Gasteiger partial charge in [-0.2, -0.15) is 0 Å². The number of fused-ring (bicyclic) bond motifs is 1. The first-order valence-electron chi connectivity index (χ1n) is 6.80. The number of carbonyl (C=O) groups excluding carboxylic acids is 1. The largest absolute Gasteiger partial charge is 0.427 e. The molecule has 0 fully saturated rings. The van der Waals surface area contributed by atoms with Gasteiger partial charge in [-0.05, 0) is 43.0 Å². The Morgan fingerprint density at radius 1 is 1.39 bits per heavy atom. The number of nitrogens with zero attached hydrogens (tertiary/aromatic N) is 1. The molecule has 0 aromatic heterocycles. The molecule has 18 heavy (non-hydrogen) atoms. The molecule has 0 amide bonds. The smallest absolute Gasteiger partial charge is 0.311 e. The predicted octanol–water partition coefficient (Wildman–Crippen LogP) is 3.35. The number of hydrogen-bond acceptors (Lipinski definition) is 2. The van der Waals surface area contributed by atoms with Crippen LogP contribution in [-0.2, 0) is 11.2 Å². The van der Waals surface area contributed by atoms with Gasteiger partial charge < -0.3 is 4.74 Å². The van der Waals surface area contributed by atoms with Gasteiger partial charge in [-0.25, -0.2) is 0 Å². The average molecular weight is 246 g/mol. The molecular formula is C15H20NO2. The maximum atomic E-state index is 11.6. The zero-order chi connectivity index (χ0) is 12.8. The van der Waals surface area contributed by atoms with Crippen LogP contribution in [-0.4, -0.2) is 12.5 Å². The van der Waals surface area contributed by atoms with E-state index in [1.54, 1.807) is 0 Å². The fraction of sp³-hybridized carbons (Fsp3) is 0.533. The third kappa shape index (κ3) is 3.49. The fourth-order valence-electron chi connectivity index (χ4n) is 2.15. The molecule has 1 aromatic carbocycles. The quantitative estimate of drug-likeness (QED) is 0.454. The summed E-state index contributed by atoms with van der Waals surface area (Å²) in [5.74, 6) is 0.531. The first kappa shape index (κ1) is 12.9. The van der Waals surface area contributed by atoms with E-state index in [4.69, 9.17) is 4.74 Å². The molecule has 1 aliphatic rings. The topological polar surface area (TPSA) is 40.4 Å². The van der Waals surface area contributed by atoms with E-state index < -0.39 is 0 Å². The molecule has 3 nitrogen and oxygen atoms in total. The Morgan fingerprint density at radius 2 is 2.28 bits per heavy atom. The van der Waals surface area contributed by atoms with Crippen LogP contribution in [0.4, 0.5) is 5.69 Å². The molecule has 0 bridgehead atoms. The van der Waals surface area contributed by atoms with Crippen LogP contribution >= 0.6 is 0 Å². The molecule has 0 unspecified atom stereocenters. The molecule has 0 spiro atoms. The van der Waals surface area contributed by atoms with Gasteiger partial charge in [0.2, 0.25) is 0 Å². The van der Waals surface area contributed by atoms with E-state index in [2.05, 4.69) is 12.2 Å². The van der Waals surface area contributed by atoms with E-state index in [1.807, 2.05) is 18.2 Å². The van der Waals surface area contributed by atoms with Gasteiger partial charge in [-0.15, -0.1) is 0 Å². The third-order valence-corrected chi connectivity index (χ3v) is 3.15. The summed E-state index contributed by atoms with van der Waals surface area (Å²) in [6, 6.07) is 5.74. The lowest BCUT2D eigenvalue weighted by Gasteiger charge is -2.16. The molecule has 3 heteroatoms. The maximum Gasteiger partial charge on any atom is 0.311 e. The van der Waals surface area contributed by atoms with Crippen LogP contribution in [0.1, 0.15) is 44.6 Å². The lowest BCUT2D eigenvalue weighted by molar-refractivity contribution is -0.134. The summed E-state index contributed by atoms with van der Waals surface area (Å²) in [5, 5.41) is 4.43. The molecule has 0 saturated carbocycles. The van der Waals surface area contributed by atoms with Gasteiger partial charge in [0.15, 0.2) is 0 Å². The Hall–Kier alpha value is -1.51. The Balaban J connectivity index is 1.91. The number of hydrogen-bond donors (Lipinski definition) is 0. The number of esters is 1. The molecule has 1 radical (unpaired) electrons. The lowest BCUT2D eigenvalue weighted by Crippen LogP contribution is -2.12. The number of benzene rings is 1. The number of ether oxygens (including phenoxy) is 1. The Kier molecular flexibility index (Phi) is 4.62. The van der Waals surface area contributed by atoms with Crippen LogP contribution in [0.15, 0.2) is 18.2 Å². The monoisotopic (exact) mass is 246 g/mol. The summed E-state index contributed by atoms with van der Waals surface area (Å²) >= 11 is 0. The Bertz CT molecular complexity index is 415. The number of aryl methyl sites for hydroxylation is 1. The fourth-order valence-corrected chi connectivity index (χ4v) is 2.15. The van der Waals surface area contributed by atoms with Crippen molar-refractivity contribution in [2.75, 3.05) is 6.54 Å². The summed E-state index contributed by atoms with van der Waals surface area (Å²) in [6.07, 6.45) is 5.73. The number of unbranched alkanes of at least 4 members (excludes halogenated alkanes) is 2. The van der Waals surface area contributed by atoms with Crippen molar-refractivity contribution in [2.45, 2.75) is 45.4 Å². The van der Waals surface area contributed by atoms with Crippen molar-refractivity contribution < 1.29 is 9.53 Å². The van der Waals surface area contributed by atoms with Crippen molar-refractivity contribution in [1.82, 2.24) is 5.32 Å². The second-order valence-corrected chi connectivity index (χ2v) is 4.71. The molecule has 0 saturated heterocycles. The van der Waals surface area contributed by atoms with E-state index in [0.29, 0.717) is 12.2 Å². The van der Waals surface area contributed by atoms with Crippen molar-refractivity contribution in [3.63, 3.8) is 0 Å². The molecule has 0 atom stereocenters. The SMILES string of the molecule is CCCCCC(=O)Oc1ccc2c(c1)CCC[N]2. The zero-order valence-corrected chi connectivity index (χ0v) is 10.9. The van der Waals surface area contributed by atoms with Crippen molar-refractivity contribution in [2.24, 2.45) is 0 Å². The maximum absolute atomic E-state index is 11.6. The van der Waals surface area contributed by atoms with Gasteiger partial charge in [0, 0.05) is 13.0 Å². The second kappa shape index (κ2) is 6.43. The third-order valence-electron chi connectivity index (χ3n) is 3.15. The summed E-state index contributed by atoms with van der Waals surface area (Å²) in [4.78, 5) is 11.6. The van der Waals surface area contributed by atoms with Crippen molar-refractivity contribution in [3.8, 4) is 5.75 Å². The van der Waals surface area contributed by atoms with Gasteiger partial charge in [-0.1, -0.05) is 19.8 Å². The zero-order valence-electron chi connectivity index (χ0n) is 10.9. The van der Waals surface area contributed by atoms with Gasteiger partial charge in [0.05, 0.1) is 5.69 Å². The minimum absolute atomic E-state index is 0.129. The minimum atomic E-state index is -0.129. The highest BCUT2D eigenvalue weighted by Crippen LogP contribution is 2.26.